The summed E-state index contributed by atoms with van der Waals surface area (Å²) in [5.41, 5.74) is 8.28. The van der Waals surface area contributed by atoms with Crippen LogP contribution in [0.4, 0.5) is 10.7 Å². The van der Waals surface area contributed by atoms with Gasteiger partial charge in [0.05, 0.1) is 19.0 Å². The van der Waals surface area contributed by atoms with E-state index in [4.69, 9.17) is 5.73 Å². The molecule has 0 bridgehead atoms. The van der Waals surface area contributed by atoms with Gasteiger partial charge in [0.1, 0.15) is 21.5 Å². The van der Waals surface area contributed by atoms with Crippen LogP contribution in [-0.4, -0.2) is 22.9 Å². The molecule has 2 aromatic heterocycles. The van der Waals surface area contributed by atoms with Gasteiger partial charge in [0.25, 0.3) is 0 Å². The zero-order valence-electron chi connectivity index (χ0n) is 11.9. The van der Waals surface area contributed by atoms with Crippen molar-refractivity contribution < 1.29 is 9.53 Å². The van der Waals surface area contributed by atoms with Gasteiger partial charge in [-0.3, -0.25) is 4.68 Å². The van der Waals surface area contributed by atoms with Gasteiger partial charge in [-0.2, -0.15) is 10.4 Å². The summed E-state index contributed by atoms with van der Waals surface area (Å²) in [6.45, 7) is 2.45. The molecule has 0 amide bonds. The van der Waals surface area contributed by atoms with Crippen molar-refractivity contribution in [3.63, 3.8) is 0 Å². The number of rotatable bonds is 4. The molecule has 0 saturated carbocycles. The standard InChI is InChI=1S/C13H15N5O2S/c1-7-8(6-17-18(7)2)5-16-12-9(4-14)10(15)11(21-12)13(19)20-3/h6,16H,5,15H2,1-3H3. The highest BCUT2D eigenvalue weighted by molar-refractivity contribution is 7.18. The molecule has 0 radical (unpaired) electrons. The van der Waals surface area contributed by atoms with Gasteiger partial charge in [0, 0.05) is 24.8 Å². The third-order valence-corrected chi connectivity index (χ3v) is 4.35. The number of aromatic nitrogens is 2. The topological polar surface area (TPSA) is 106 Å². The zero-order valence-corrected chi connectivity index (χ0v) is 12.7. The van der Waals surface area contributed by atoms with Gasteiger partial charge in [0.15, 0.2) is 0 Å². The number of nitrogen functional groups attached to an aromatic ring is 1. The van der Waals surface area contributed by atoms with Gasteiger partial charge in [-0.15, -0.1) is 11.3 Å². The van der Waals surface area contributed by atoms with Crippen LogP contribution in [0.1, 0.15) is 26.5 Å². The second kappa shape index (κ2) is 5.85. The Kier molecular flexibility index (Phi) is 4.14. The Balaban J connectivity index is 2.26. The number of thiophene rings is 1. The molecule has 2 heterocycles. The molecule has 7 nitrogen and oxygen atoms in total. The molecule has 8 heteroatoms. The molecule has 0 aliphatic heterocycles. The normalized spacial score (nSPS) is 10.2. The van der Waals surface area contributed by atoms with Crippen LogP contribution in [0.5, 0.6) is 0 Å². The van der Waals surface area contributed by atoms with Crippen molar-refractivity contribution in [1.29, 1.82) is 5.26 Å². The lowest BCUT2D eigenvalue weighted by Gasteiger charge is -2.04. The molecule has 0 unspecified atom stereocenters. The molecule has 110 valence electrons. The Hall–Kier alpha value is -2.53. The van der Waals surface area contributed by atoms with Gasteiger partial charge >= 0.3 is 5.97 Å². The Morgan fingerprint density at radius 3 is 2.90 bits per heavy atom. The third kappa shape index (κ3) is 2.68. The second-order valence-electron chi connectivity index (χ2n) is 4.38. The highest BCUT2D eigenvalue weighted by Gasteiger charge is 2.21. The largest absolute Gasteiger partial charge is 0.465 e. The molecule has 3 N–H and O–H groups in total. The first-order valence-corrected chi connectivity index (χ1v) is 6.93. The SMILES string of the molecule is COC(=O)c1sc(NCc2cnn(C)c2C)c(C#N)c1N. The van der Waals surface area contributed by atoms with E-state index in [2.05, 4.69) is 15.2 Å². The number of nitriles is 1. The van der Waals surface area contributed by atoms with Crippen LogP contribution >= 0.6 is 11.3 Å². The molecule has 0 saturated heterocycles. The van der Waals surface area contributed by atoms with Crippen LogP contribution in [0.2, 0.25) is 0 Å². The molecule has 2 aromatic rings. The number of nitrogens with two attached hydrogens (primary N) is 1. The number of hydrogen-bond acceptors (Lipinski definition) is 7. The minimum Gasteiger partial charge on any atom is -0.465 e. The number of hydrogen-bond donors (Lipinski definition) is 2. The van der Waals surface area contributed by atoms with E-state index in [0.29, 0.717) is 11.5 Å². The maximum absolute atomic E-state index is 11.6. The molecule has 2 rings (SSSR count). The Bertz CT molecular complexity index is 726. The number of ether oxygens (including phenoxy) is 1. The lowest BCUT2D eigenvalue weighted by Crippen LogP contribution is -2.02. The van der Waals surface area contributed by atoms with Crippen LogP contribution in [0, 0.1) is 18.3 Å². The van der Waals surface area contributed by atoms with Gasteiger partial charge in [-0.25, -0.2) is 4.79 Å². The summed E-state index contributed by atoms with van der Waals surface area (Å²) in [5, 5.41) is 17.0. The number of nitrogens with one attached hydrogen (secondary N) is 1. The molecule has 21 heavy (non-hydrogen) atoms. The van der Waals surface area contributed by atoms with Crippen LogP contribution in [0.15, 0.2) is 6.20 Å². The zero-order chi connectivity index (χ0) is 15.6. The van der Waals surface area contributed by atoms with E-state index < -0.39 is 5.97 Å². The van der Waals surface area contributed by atoms with Gasteiger partial charge in [-0.1, -0.05) is 0 Å². The van der Waals surface area contributed by atoms with Crippen molar-refractivity contribution >= 4 is 28.0 Å². The Labute approximate surface area is 125 Å². The van der Waals surface area contributed by atoms with Crippen molar-refractivity contribution in [3.05, 3.63) is 27.9 Å². The smallest absolute Gasteiger partial charge is 0.350 e. The number of nitrogens with zero attached hydrogens (tertiary/aromatic N) is 3. The fraction of sp³-hybridized carbons (Fsp3) is 0.308. The average molecular weight is 305 g/mol. The Morgan fingerprint density at radius 1 is 1.67 bits per heavy atom. The summed E-state index contributed by atoms with van der Waals surface area (Å²) in [6.07, 6.45) is 1.76. The monoisotopic (exact) mass is 305 g/mol. The van der Waals surface area contributed by atoms with Crippen molar-refractivity contribution in [2.45, 2.75) is 13.5 Å². The van der Waals surface area contributed by atoms with Crippen molar-refractivity contribution in [2.24, 2.45) is 7.05 Å². The van der Waals surface area contributed by atoms with Crippen LogP contribution in [0.3, 0.4) is 0 Å². The van der Waals surface area contributed by atoms with Crippen LogP contribution in [0.25, 0.3) is 0 Å². The molecule has 0 aliphatic rings. The number of carbonyl (C=O) groups is 1. The van der Waals surface area contributed by atoms with Gasteiger partial charge in [0.2, 0.25) is 0 Å². The van der Waals surface area contributed by atoms with E-state index in [1.165, 1.54) is 7.11 Å². The molecule has 0 aliphatic carbocycles. The predicted molar refractivity (Wildman–Crippen MR) is 80.1 cm³/mol. The number of esters is 1. The fourth-order valence-electron chi connectivity index (χ4n) is 1.82. The summed E-state index contributed by atoms with van der Waals surface area (Å²) in [7, 11) is 3.14. The summed E-state index contributed by atoms with van der Waals surface area (Å²) < 4.78 is 6.42. The van der Waals surface area contributed by atoms with Crippen LogP contribution in [-0.2, 0) is 18.3 Å². The fourth-order valence-corrected chi connectivity index (χ4v) is 2.80. The van der Waals surface area contributed by atoms with Crippen molar-refractivity contribution in [2.75, 3.05) is 18.2 Å². The Morgan fingerprint density at radius 2 is 2.38 bits per heavy atom. The van der Waals surface area contributed by atoms with Crippen molar-refractivity contribution in [3.8, 4) is 6.07 Å². The van der Waals surface area contributed by atoms with Crippen molar-refractivity contribution in [1.82, 2.24) is 9.78 Å². The second-order valence-corrected chi connectivity index (χ2v) is 5.41. The maximum atomic E-state index is 11.6. The lowest BCUT2D eigenvalue weighted by atomic mass is 10.2. The molecule has 0 fully saturated rings. The molecule has 0 atom stereocenters. The number of methoxy groups -OCH3 is 1. The molecule has 0 aromatic carbocycles. The molecule has 0 spiro atoms. The summed E-state index contributed by atoms with van der Waals surface area (Å²) in [6, 6.07) is 2.01. The minimum atomic E-state index is -0.542. The van der Waals surface area contributed by atoms with E-state index in [1.54, 1.807) is 10.9 Å². The van der Waals surface area contributed by atoms with Gasteiger partial charge in [-0.05, 0) is 6.92 Å². The lowest BCUT2D eigenvalue weighted by molar-refractivity contribution is 0.0607. The summed E-state index contributed by atoms with van der Waals surface area (Å²) in [4.78, 5) is 11.8. The highest BCUT2D eigenvalue weighted by atomic mass is 32.1. The minimum absolute atomic E-state index is 0.153. The van der Waals surface area contributed by atoms with E-state index in [9.17, 15) is 10.1 Å². The maximum Gasteiger partial charge on any atom is 0.350 e. The van der Waals surface area contributed by atoms with Gasteiger partial charge < -0.3 is 15.8 Å². The van der Waals surface area contributed by atoms with E-state index in [0.717, 1.165) is 22.6 Å². The first-order chi connectivity index (χ1) is 9.99. The number of carbonyl (C=O) groups excluding carboxylic acids is 1. The summed E-state index contributed by atoms with van der Waals surface area (Å²) in [5.74, 6) is -0.542. The van der Waals surface area contributed by atoms with Crippen LogP contribution < -0.4 is 11.1 Å². The first-order valence-electron chi connectivity index (χ1n) is 6.11. The number of anilines is 2. The van der Waals surface area contributed by atoms with E-state index in [1.807, 2.05) is 20.0 Å². The van der Waals surface area contributed by atoms with E-state index in [-0.39, 0.29) is 16.1 Å². The van der Waals surface area contributed by atoms with E-state index >= 15 is 0 Å². The molecular formula is C13H15N5O2S. The highest BCUT2D eigenvalue weighted by Crippen LogP contribution is 2.35. The average Bonchev–Trinajstić information content (AvgIpc) is 2.97. The first kappa shape index (κ1) is 14.9. The third-order valence-electron chi connectivity index (χ3n) is 3.20. The number of aryl methyl sites for hydroxylation is 1. The predicted octanol–water partition coefficient (Wildman–Crippen LogP) is 1.64. The quantitative estimate of drug-likeness (QED) is 0.832. The summed E-state index contributed by atoms with van der Waals surface area (Å²) >= 11 is 1.11. The molecular weight excluding hydrogens is 290 g/mol.